The SMILES string of the molecule is CC(C)(C)C(=O)OC1=C2C(=O)OCC2=C(CO)CC=C1. The summed E-state index contributed by atoms with van der Waals surface area (Å²) in [5.74, 6) is -0.740. The van der Waals surface area contributed by atoms with Crippen molar-refractivity contribution in [3.63, 3.8) is 0 Å². The molecule has 0 bridgehead atoms. The Morgan fingerprint density at radius 2 is 2.15 bits per heavy atom. The number of hydrogen-bond acceptors (Lipinski definition) is 5. The molecule has 0 radical (unpaired) electrons. The Morgan fingerprint density at radius 1 is 1.45 bits per heavy atom. The minimum Gasteiger partial charge on any atom is -0.457 e. The molecule has 1 aliphatic carbocycles. The van der Waals surface area contributed by atoms with Crippen molar-refractivity contribution >= 4 is 11.9 Å². The lowest BCUT2D eigenvalue weighted by atomic mass is 9.97. The van der Waals surface area contributed by atoms with Crippen molar-refractivity contribution in [2.24, 2.45) is 5.41 Å². The number of allylic oxidation sites excluding steroid dienone is 2. The van der Waals surface area contributed by atoms with Gasteiger partial charge in [0.25, 0.3) is 0 Å². The van der Waals surface area contributed by atoms with Gasteiger partial charge in [0, 0.05) is 5.57 Å². The van der Waals surface area contributed by atoms with Crippen LogP contribution in [0.25, 0.3) is 0 Å². The lowest BCUT2D eigenvalue weighted by Crippen LogP contribution is -2.23. The summed E-state index contributed by atoms with van der Waals surface area (Å²) >= 11 is 0. The largest absolute Gasteiger partial charge is 0.457 e. The third-order valence-electron chi connectivity index (χ3n) is 3.17. The molecule has 1 fully saturated rings. The first kappa shape index (κ1) is 14.5. The topological polar surface area (TPSA) is 72.8 Å². The summed E-state index contributed by atoms with van der Waals surface area (Å²) in [6.07, 6.45) is 3.86. The fraction of sp³-hybridized carbons (Fsp3) is 0.467. The summed E-state index contributed by atoms with van der Waals surface area (Å²) in [5, 5.41) is 9.36. The summed E-state index contributed by atoms with van der Waals surface area (Å²) in [7, 11) is 0. The van der Waals surface area contributed by atoms with E-state index in [-0.39, 0.29) is 24.5 Å². The Bertz CT molecular complexity index is 543. The molecule has 5 heteroatoms. The van der Waals surface area contributed by atoms with E-state index in [1.807, 2.05) is 0 Å². The normalized spacial score (nSPS) is 18.9. The number of fused-ring (bicyclic) bond motifs is 1. The Balaban J connectivity index is 2.44. The maximum absolute atomic E-state index is 12.0. The Labute approximate surface area is 117 Å². The molecule has 0 unspecified atom stereocenters. The summed E-state index contributed by atoms with van der Waals surface area (Å²) in [5.41, 5.74) is 0.920. The van der Waals surface area contributed by atoms with Gasteiger partial charge in [-0.25, -0.2) is 4.79 Å². The fourth-order valence-electron chi connectivity index (χ4n) is 1.95. The minimum atomic E-state index is -0.667. The van der Waals surface area contributed by atoms with Crippen LogP contribution in [0.1, 0.15) is 27.2 Å². The molecular formula is C15H18O5. The summed E-state index contributed by atoms with van der Waals surface area (Å²) in [6.45, 7) is 5.18. The van der Waals surface area contributed by atoms with Gasteiger partial charge in [-0.15, -0.1) is 0 Å². The molecule has 1 N–H and O–H groups in total. The third kappa shape index (κ3) is 2.67. The Morgan fingerprint density at radius 3 is 2.75 bits per heavy atom. The van der Waals surface area contributed by atoms with Gasteiger partial charge < -0.3 is 14.6 Å². The average molecular weight is 278 g/mol. The van der Waals surface area contributed by atoms with Crippen LogP contribution >= 0.6 is 0 Å². The van der Waals surface area contributed by atoms with E-state index < -0.39 is 17.4 Å². The third-order valence-corrected chi connectivity index (χ3v) is 3.17. The van der Waals surface area contributed by atoms with Gasteiger partial charge >= 0.3 is 11.9 Å². The Kier molecular flexibility index (Phi) is 3.81. The zero-order chi connectivity index (χ0) is 14.9. The number of rotatable bonds is 2. The zero-order valence-corrected chi connectivity index (χ0v) is 11.9. The summed E-state index contributed by atoms with van der Waals surface area (Å²) in [4.78, 5) is 23.8. The van der Waals surface area contributed by atoms with E-state index in [0.717, 1.165) is 0 Å². The first-order chi connectivity index (χ1) is 9.34. The van der Waals surface area contributed by atoms with Crippen LogP contribution in [0.5, 0.6) is 0 Å². The van der Waals surface area contributed by atoms with Gasteiger partial charge in [-0.1, -0.05) is 6.08 Å². The van der Waals surface area contributed by atoms with Gasteiger partial charge in [0.2, 0.25) is 0 Å². The van der Waals surface area contributed by atoms with Crippen molar-refractivity contribution in [3.8, 4) is 0 Å². The van der Waals surface area contributed by atoms with Gasteiger partial charge in [0.05, 0.1) is 12.0 Å². The zero-order valence-electron chi connectivity index (χ0n) is 11.9. The lowest BCUT2D eigenvalue weighted by Gasteiger charge is -2.17. The fourth-order valence-corrected chi connectivity index (χ4v) is 1.95. The number of carbonyl (C=O) groups is 2. The second-order valence-corrected chi connectivity index (χ2v) is 5.80. The molecule has 0 amide bonds. The molecule has 0 atom stereocenters. The maximum Gasteiger partial charge on any atom is 0.342 e. The highest BCUT2D eigenvalue weighted by molar-refractivity contribution is 5.98. The van der Waals surface area contributed by atoms with Crippen molar-refractivity contribution in [1.29, 1.82) is 0 Å². The molecule has 0 aromatic carbocycles. The van der Waals surface area contributed by atoms with Crippen molar-refractivity contribution in [2.45, 2.75) is 27.2 Å². The van der Waals surface area contributed by atoms with Gasteiger partial charge in [-0.3, -0.25) is 4.79 Å². The first-order valence-corrected chi connectivity index (χ1v) is 6.47. The molecule has 0 spiro atoms. The molecule has 1 aliphatic heterocycles. The number of hydrogen-bond donors (Lipinski definition) is 1. The molecule has 1 saturated heterocycles. The first-order valence-electron chi connectivity index (χ1n) is 6.47. The van der Waals surface area contributed by atoms with E-state index in [1.165, 1.54) is 0 Å². The highest BCUT2D eigenvalue weighted by Gasteiger charge is 2.34. The number of aliphatic hydroxyl groups is 1. The summed E-state index contributed by atoms with van der Waals surface area (Å²) < 4.78 is 10.3. The maximum atomic E-state index is 12.0. The van der Waals surface area contributed by atoms with Crippen LogP contribution < -0.4 is 0 Å². The van der Waals surface area contributed by atoms with Gasteiger partial charge in [-0.05, 0) is 38.8 Å². The van der Waals surface area contributed by atoms with Crippen LogP contribution in [0.4, 0.5) is 0 Å². The second-order valence-electron chi connectivity index (χ2n) is 5.80. The van der Waals surface area contributed by atoms with E-state index in [4.69, 9.17) is 9.47 Å². The van der Waals surface area contributed by atoms with E-state index in [9.17, 15) is 14.7 Å². The smallest absolute Gasteiger partial charge is 0.342 e. The van der Waals surface area contributed by atoms with Crippen LogP contribution in [-0.2, 0) is 19.1 Å². The van der Waals surface area contributed by atoms with Crippen LogP contribution in [-0.4, -0.2) is 30.3 Å². The van der Waals surface area contributed by atoms with Crippen LogP contribution in [0.15, 0.2) is 34.6 Å². The molecule has 0 aromatic rings. The molecule has 2 rings (SSSR count). The lowest BCUT2D eigenvalue weighted by molar-refractivity contribution is -0.148. The van der Waals surface area contributed by atoms with Gasteiger partial charge in [0.1, 0.15) is 17.9 Å². The molecular weight excluding hydrogens is 260 g/mol. The van der Waals surface area contributed by atoms with E-state index >= 15 is 0 Å². The van der Waals surface area contributed by atoms with E-state index in [2.05, 4.69) is 0 Å². The number of carbonyl (C=O) groups excluding carboxylic acids is 2. The molecule has 108 valence electrons. The standard InChI is InChI=1S/C15H18O5/c1-15(2,3)14(18)20-11-6-4-5-9(7-16)10-8-19-13(17)12(10)11/h4,6,16H,5,7-8H2,1-3H3. The molecule has 20 heavy (non-hydrogen) atoms. The number of esters is 2. The van der Waals surface area contributed by atoms with E-state index in [0.29, 0.717) is 17.6 Å². The highest BCUT2D eigenvalue weighted by atomic mass is 16.6. The van der Waals surface area contributed by atoms with Crippen molar-refractivity contribution < 1.29 is 24.2 Å². The van der Waals surface area contributed by atoms with E-state index in [1.54, 1.807) is 32.9 Å². The quantitative estimate of drug-likeness (QED) is 0.777. The monoisotopic (exact) mass is 278 g/mol. The van der Waals surface area contributed by atoms with Gasteiger partial charge in [-0.2, -0.15) is 0 Å². The predicted octanol–water partition coefficient (Wildman–Crippen LogP) is 1.64. The van der Waals surface area contributed by atoms with Crippen LogP contribution in [0, 0.1) is 5.41 Å². The predicted molar refractivity (Wildman–Crippen MR) is 71.4 cm³/mol. The van der Waals surface area contributed by atoms with Crippen LogP contribution in [0.2, 0.25) is 0 Å². The van der Waals surface area contributed by atoms with Crippen LogP contribution in [0.3, 0.4) is 0 Å². The molecule has 0 aromatic heterocycles. The number of aliphatic hydroxyl groups excluding tert-OH is 1. The molecule has 5 nitrogen and oxygen atoms in total. The molecule has 2 aliphatic rings. The average Bonchev–Trinajstić information content (AvgIpc) is 2.65. The highest BCUT2D eigenvalue weighted by Crippen LogP contribution is 2.32. The second kappa shape index (κ2) is 5.25. The van der Waals surface area contributed by atoms with Crippen molar-refractivity contribution in [3.05, 3.63) is 34.6 Å². The number of cyclic esters (lactones) is 1. The molecule has 1 heterocycles. The molecule has 0 saturated carbocycles. The number of ether oxygens (including phenoxy) is 2. The van der Waals surface area contributed by atoms with Gasteiger partial charge in [0.15, 0.2) is 0 Å². The Hall–Kier alpha value is -1.88. The minimum absolute atomic E-state index is 0.113. The van der Waals surface area contributed by atoms with Crippen molar-refractivity contribution in [1.82, 2.24) is 0 Å². The summed E-state index contributed by atoms with van der Waals surface area (Å²) in [6, 6.07) is 0. The van der Waals surface area contributed by atoms with Crippen molar-refractivity contribution in [2.75, 3.05) is 13.2 Å².